The molecule has 5 nitrogen and oxygen atoms in total. The molecule has 1 heterocycles. The van der Waals surface area contributed by atoms with Crippen LogP contribution in [0.4, 0.5) is 11.4 Å². The van der Waals surface area contributed by atoms with Crippen LogP contribution in [0.1, 0.15) is 12.8 Å². The van der Waals surface area contributed by atoms with Crippen molar-refractivity contribution in [3.8, 4) is 0 Å². The quantitative estimate of drug-likeness (QED) is 0.682. The van der Waals surface area contributed by atoms with E-state index in [2.05, 4.69) is 17.3 Å². The number of benzene rings is 1. The van der Waals surface area contributed by atoms with Crippen LogP contribution in [-0.2, 0) is 0 Å². The van der Waals surface area contributed by atoms with E-state index in [0.29, 0.717) is 11.6 Å². The maximum absolute atomic E-state index is 11.0. The predicted octanol–water partition coefficient (Wildman–Crippen LogP) is 3.00. The van der Waals surface area contributed by atoms with Crippen molar-refractivity contribution in [1.82, 2.24) is 4.90 Å². The van der Waals surface area contributed by atoms with Gasteiger partial charge in [0.1, 0.15) is 10.7 Å². The van der Waals surface area contributed by atoms with E-state index in [4.69, 9.17) is 11.6 Å². The average Bonchev–Trinajstić information content (AvgIpc) is 2.36. The minimum absolute atomic E-state index is 0.0340. The fourth-order valence-corrected chi connectivity index (χ4v) is 2.78. The first-order valence-corrected chi connectivity index (χ1v) is 6.81. The number of nitrogens with one attached hydrogen (secondary N) is 1. The van der Waals surface area contributed by atoms with Crippen molar-refractivity contribution in [3.05, 3.63) is 33.3 Å². The fourth-order valence-electron chi connectivity index (χ4n) is 2.54. The number of hydrogen-bond donors (Lipinski definition) is 1. The van der Waals surface area contributed by atoms with Crippen molar-refractivity contribution in [3.63, 3.8) is 0 Å². The number of hydrogen-bond acceptors (Lipinski definition) is 4. The number of nitro benzene ring substituents is 1. The van der Waals surface area contributed by atoms with Crippen molar-refractivity contribution in [2.75, 3.05) is 32.0 Å². The second-order valence-electron chi connectivity index (χ2n) is 5.04. The second kappa shape index (κ2) is 6.21. The van der Waals surface area contributed by atoms with Gasteiger partial charge in [-0.15, -0.1) is 0 Å². The van der Waals surface area contributed by atoms with Gasteiger partial charge in [0, 0.05) is 13.1 Å². The van der Waals surface area contributed by atoms with E-state index in [1.165, 1.54) is 6.42 Å². The Balaban J connectivity index is 2.03. The average molecular weight is 284 g/mol. The van der Waals surface area contributed by atoms with Crippen LogP contribution in [-0.4, -0.2) is 36.5 Å². The molecule has 6 heteroatoms. The highest BCUT2D eigenvalue weighted by molar-refractivity contribution is 6.33. The van der Waals surface area contributed by atoms with Crippen molar-refractivity contribution in [2.45, 2.75) is 12.8 Å². The van der Waals surface area contributed by atoms with E-state index >= 15 is 0 Å². The molecule has 2 rings (SSSR count). The van der Waals surface area contributed by atoms with Gasteiger partial charge in [-0.2, -0.15) is 0 Å². The third-order valence-electron chi connectivity index (χ3n) is 3.47. The molecular weight excluding hydrogens is 266 g/mol. The number of halogens is 1. The third-order valence-corrected chi connectivity index (χ3v) is 3.78. The van der Waals surface area contributed by atoms with E-state index in [9.17, 15) is 10.1 Å². The number of nitro groups is 1. The SMILES string of the molecule is CN1CCCC(CNc2cccc(Cl)c2[N+](=O)[O-])C1. The highest BCUT2D eigenvalue weighted by Gasteiger charge is 2.21. The molecule has 19 heavy (non-hydrogen) atoms. The first-order valence-electron chi connectivity index (χ1n) is 6.43. The van der Waals surface area contributed by atoms with Crippen LogP contribution >= 0.6 is 11.6 Å². The molecule has 1 atom stereocenters. The molecule has 1 N–H and O–H groups in total. The summed E-state index contributed by atoms with van der Waals surface area (Å²) < 4.78 is 0. The molecule has 0 aromatic heterocycles. The molecule has 0 bridgehead atoms. The Labute approximate surface area is 117 Å². The molecule has 1 aliphatic rings. The highest BCUT2D eigenvalue weighted by atomic mass is 35.5. The Kier molecular flexibility index (Phi) is 4.61. The number of piperidine rings is 1. The summed E-state index contributed by atoms with van der Waals surface area (Å²) in [7, 11) is 2.11. The molecule has 104 valence electrons. The van der Waals surface area contributed by atoms with Gasteiger partial charge in [-0.25, -0.2) is 0 Å². The number of para-hydroxylation sites is 1. The Bertz CT molecular complexity index is 467. The molecule has 1 saturated heterocycles. The molecule has 1 aliphatic heterocycles. The second-order valence-corrected chi connectivity index (χ2v) is 5.45. The van der Waals surface area contributed by atoms with Crippen molar-refractivity contribution >= 4 is 23.0 Å². The Morgan fingerprint density at radius 3 is 3.05 bits per heavy atom. The van der Waals surface area contributed by atoms with Crippen molar-refractivity contribution in [1.29, 1.82) is 0 Å². The molecule has 0 radical (unpaired) electrons. The minimum Gasteiger partial charge on any atom is -0.379 e. The summed E-state index contributed by atoms with van der Waals surface area (Å²) in [5.74, 6) is 0.525. The van der Waals surface area contributed by atoms with Gasteiger partial charge in [0.2, 0.25) is 0 Å². The lowest BCUT2D eigenvalue weighted by molar-refractivity contribution is -0.383. The first kappa shape index (κ1) is 14.1. The summed E-state index contributed by atoms with van der Waals surface area (Å²) in [4.78, 5) is 12.9. The molecule has 0 saturated carbocycles. The van der Waals surface area contributed by atoms with Gasteiger partial charge >= 0.3 is 5.69 Å². The van der Waals surface area contributed by atoms with Crippen LogP contribution in [0.25, 0.3) is 0 Å². The number of rotatable bonds is 4. The lowest BCUT2D eigenvalue weighted by Crippen LogP contribution is -2.35. The summed E-state index contributed by atoms with van der Waals surface area (Å²) in [6, 6.07) is 4.97. The van der Waals surface area contributed by atoms with Crippen LogP contribution in [0, 0.1) is 16.0 Å². The van der Waals surface area contributed by atoms with Crippen LogP contribution in [0.2, 0.25) is 5.02 Å². The lowest BCUT2D eigenvalue weighted by atomic mass is 9.98. The highest BCUT2D eigenvalue weighted by Crippen LogP contribution is 2.32. The van der Waals surface area contributed by atoms with Crippen LogP contribution < -0.4 is 5.32 Å². The standard InChI is InChI=1S/C13H18ClN3O2/c1-16-7-3-4-10(9-16)8-15-12-6-2-5-11(14)13(12)17(18)19/h2,5-6,10,15H,3-4,7-9H2,1H3. The topological polar surface area (TPSA) is 58.4 Å². The van der Waals surface area contributed by atoms with Gasteiger partial charge < -0.3 is 10.2 Å². The Morgan fingerprint density at radius 2 is 2.37 bits per heavy atom. The Morgan fingerprint density at radius 1 is 1.58 bits per heavy atom. The molecule has 0 aliphatic carbocycles. The van der Waals surface area contributed by atoms with E-state index < -0.39 is 4.92 Å². The molecule has 1 aromatic carbocycles. The summed E-state index contributed by atoms with van der Waals surface area (Å²) in [5, 5.41) is 14.4. The van der Waals surface area contributed by atoms with Crippen LogP contribution in [0.5, 0.6) is 0 Å². The monoisotopic (exact) mass is 283 g/mol. The van der Waals surface area contributed by atoms with E-state index in [-0.39, 0.29) is 10.7 Å². The van der Waals surface area contributed by atoms with Gasteiger partial charge in [-0.05, 0) is 44.5 Å². The minimum atomic E-state index is -0.433. The molecule has 1 aromatic rings. The molecule has 0 amide bonds. The number of anilines is 1. The van der Waals surface area contributed by atoms with Gasteiger partial charge in [0.25, 0.3) is 0 Å². The normalized spacial score (nSPS) is 20.2. The maximum atomic E-state index is 11.0. The predicted molar refractivity (Wildman–Crippen MR) is 76.8 cm³/mol. The zero-order chi connectivity index (χ0) is 13.8. The zero-order valence-corrected chi connectivity index (χ0v) is 11.7. The maximum Gasteiger partial charge on any atom is 0.310 e. The summed E-state index contributed by atoms with van der Waals surface area (Å²) in [6.07, 6.45) is 2.34. The smallest absolute Gasteiger partial charge is 0.310 e. The van der Waals surface area contributed by atoms with Gasteiger partial charge in [-0.3, -0.25) is 10.1 Å². The van der Waals surface area contributed by atoms with Gasteiger partial charge in [0.05, 0.1) is 4.92 Å². The largest absolute Gasteiger partial charge is 0.379 e. The van der Waals surface area contributed by atoms with Crippen molar-refractivity contribution < 1.29 is 4.92 Å². The zero-order valence-electron chi connectivity index (χ0n) is 10.9. The van der Waals surface area contributed by atoms with Crippen LogP contribution in [0.3, 0.4) is 0 Å². The van der Waals surface area contributed by atoms with Crippen LogP contribution in [0.15, 0.2) is 18.2 Å². The summed E-state index contributed by atoms with van der Waals surface area (Å²) in [6.45, 7) is 2.90. The molecule has 1 unspecified atom stereocenters. The fraction of sp³-hybridized carbons (Fsp3) is 0.538. The number of nitrogens with zero attached hydrogens (tertiary/aromatic N) is 2. The molecular formula is C13H18ClN3O2. The summed E-state index contributed by atoms with van der Waals surface area (Å²) in [5.41, 5.74) is 0.471. The first-order chi connectivity index (χ1) is 9.08. The number of likely N-dealkylation sites (tertiary alicyclic amines) is 1. The lowest BCUT2D eigenvalue weighted by Gasteiger charge is -2.29. The van der Waals surface area contributed by atoms with E-state index in [0.717, 1.165) is 26.1 Å². The van der Waals surface area contributed by atoms with E-state index in [1.807, 2.05) is 0 Å². The molecule has 1 fully saturated rings. The van der Waals surface area contributed by atoms with Gasteiger partial charge in [0.15, 0.2) is 0 Å². The van der Waals surface area contributed by atoms with Gasteiger partial charge in [-0.1, -0.05) is 17.7 Å². The van der Waals surface area contributed by atoms with E-state index in [1.54, 1.807) is 18.2 Å². The third kappa shape index (κ3) is 3.58. The Hall–Kier alpha value is -1.33. The summed E-state index contributed by atoms with van der Waals surface area (Å²) >= 11 is 5.88. The molecule has 0 spiro atoms. The van der Waals surface area contributed by atoms with Crippen molar-refractivity contribution in [2.24, 2.45) is 5.92 Å².